The van der Waals surface area contributed by atoms with Gasteiger partial charge in [-0.1, -0.05) is 50.2 Å². The SMILES string of the molecule is CC(C)c1ccc2c(ccn2CC(=O)NCc2ccccc2)c1. The monoisotopic (exact) mass is 306 g/mol. The van der Waals surface area contributed by atoms with E-state index in [1.807, 2.05) is 41.1 Å². The Morgan fingerprint density at radius 2 is 1.87 bits per heavy atom. The van der Waals surface area contributed by atoms with Crippen LogP contribution in [0.4, 0.5) is 0 Å². The predicted molar refractivity (Wildman–Crippen MR) is 94.3 cm³/mol. The van der Waals surface area contributed by atoms with Crippen LogP contribution < -0.4 is 5.32 Å². The lowest BCUT2D eigenvalue weighted by atomic mass is 10.0. The molecule has 0 aliphatic rings. The molecule has 0 saturated heterocycles. The Hall–Kier alpha value is -2.55. The first-order valence-electron chi connectivity index (χ1n) is 8.03. The van der Waals surface area contributed by atoms with Crippen molar-refractivity contribution in [2.75, 3.05) is 0 Å². The van der Waals surface area contributed by atoms with Crippen molar-refractivity contribution in [2.24, 2.45) is 0 Å². The van der Waals surface area contributed by atoms with E-state index >= 15 is 0 Å². The van der Waals surface area contributed by atoms with Crippen LogP contribution in [0, 0.1) is 0 Å². The minimum Gasteiger partial charge on any atom is -0.350 e. The van der Waals surface area contributed by atoms with Gasteiger partial charge in [0.2, 0.25) is 5.91 Å². The lowest BCUT2D eigenvalue weighted by Crippen LogP contribution is -2.26. The van der Waals surface area contributed by atoms with Crippen LogP contribution in [0.5, 0.6) is 0 Å². The molecule has 0 radical (unpaired) electrons. The predicted octanol–water partition coefficient (Wildman–Crippen LogP) is 4.08. The standard InChI is InChI=1S/C20H22N2O/c1-15(2)17-8-9-19-18(12-17)10-11-22(19)14-20(23)21-13-16-6-4-3-5-7-16/h3-12,15H,13-14H2,1-2H3,(H,21,23). The number of aromatic nitrogens is 1. The Morgan fingerprint density at radius 3 is 2.61 bits per heavy atom. The molecule has 1 amide bonds. The molecule has 0 atom stereocenters. The number of amides is 1. The van der Waals surface area contributed by atoms with Gasteiger partial charge in [-0.05, 0) is 40.6 Å². The number of hydrogen-bond acceptors (Lipinski definition) is 1. The first kappa shape index (κ1) is 15.3. The summed E-state index contributed by atoms with van der Waals surface area (Å²) in [5.41, 5.74) is 3.54. The Kier molecular flexibility index (Phi) is 4.47. The second-order valence-electron chi connectivity index (χ2n) is 6.18. The highest BCUT2D eigenvalue weighted by Gasteiger charge is 2.08. The highest BCUT2D eigenvalue weighted by atomic mass is 16.1. The quantitative estimate of drug-likeness (QED) is 0.757. The minimum absolute atomic E-state index is 0.0271. The molecule has 0 unspecified atom stereocenters. The summed E-state index contributed by atoms with van der Waals surface area (Å²) in [6.45, 7) is 5.29. The fourth-order valence-electron chi connectivity index (χ4n) is 2.72. The van der Waals surface area contributed by atoms with Gasteiger partial charge in [0.15, 0.2) is 0 Å². The third-order valence-corrected chi connectivity index (χ3v) is 4.11. The first-order valence-corrected chi connectivity index (χ1v) is 8.03. The maximum Gasteiger partial charge on any atom is 0.240 e. The van der Waals surface area contributed by atoms with Crippen molar-refractivity contribution in [3.05, 3.63) is 71.9 Å². The maximum absolute atomic E-state index is 12.2. The van der Waals surface area contributed by atoms with E-state index in [-0.39, 0.29) is 5.91 Å². The second kappa shape index (κ2) is 6.69. The van der Waals surface area contributed by atoms with Gasteiger partial charge in [0.1, 0.15) is 6.54 Å². The molecule has 0 spiro atoms. The minimum atomic E-state index is 0.0271. The molecule has 118 valence electrons. The molecule has 0 bridgehead atoms. The van der Waals surface area contributed by atoms with E-state index in [4.69, 9.17) is 0 Å². The molecule has 1 heterocycles. The van der Waals surface area contributed by atoms with Gasteiger partial charge in [-0.25, -0.2) is 0 Å². The second-order valence-corrected chi connectivity index (χ2v) is 6.18. The van der Waals surface area contributed by atoms with Gasteiger partial charge in [-0.2, -0.15) is 0 Å². The average Bonchev–Trinajstić information content (AvgIpc) is 2.96. The Bertz CT molecular complexity index is 803. The van der Waals surface area contributed by atoms with Crippen LogP contribution in [0.3, 0.4) is 0 Å². The van der Waals surface area contributed by atoms with Gasteiger partial charge in [-0.15, -0.1) is 0 Å². The number of rotatable bonds is 5. The van der Waals surface area contributed by atoms with Crippen molar-refractivity contribution >= 4 is 16.8 Å². The smallest absolute Gasteiger partial charge is 0.240 e. The van der Waals surface area contributed by atoms with E-state index in [1.165, 1.54) is 10.9 Å². The van der Waals surface area contributed by atoms with Crippen molar-refractivity contribution < 1.29 is 4.79 Å². The lowest BCUT2D eigenvalue weighted by Gasteiger charge is -2.09. The number of carbonyl (C=O) groups excluding carboxylic acids is 1. The van der Waals surface area contributed by atoms with Crippen molar-refractivity contribution in [3.8, 4) is 0 Å². The molecular weight excluding hydrogens is 284 g/mol. The Balaban J connectivity index is 1.68. The van der Waals surface area contributed by atoms with E-state index in [2.05, 4.69) is 43.4 Å². The largest absolute Gasteiger partial charge is 0.350 e. The number of benzene rings is 2. The van der Waals surface area contributed by atoms with Crippen molar-refractivity contribution in [2.45, 2.75) is 32.9 Å². The van der Waals surface area contributed by atoms with E-state index in [1.54, 1.807) is 0 Å². The molecule has 0 aliphatic carbocycles. The Labute approximate surface area is 136 Å². The van der Waals surface area contributed by atoms with Crippen LogP contribution >= 0.6 is 0 Å². The molecule has 3 aromatic rings. The number of fused-ring (bicyclic) bond motifs is 1. The van der Waals surface area contributed by atoms with Crippen LogP contribution in [0.1, 0.15) is 30.9 Å². The van der Waals surface area contributed by atoms with Crippen LogP contribution in [0.15, 0.2) is 60.8 Å². The third kappa shape index (κ3) is 3.62. The summed E-state index contributed by atoms with van der Waals surface area (Å²) in [7, 11) is 0. The van der Waals surface area contributed by atoms with Gasteiger partial charge in [-0.3, -0.25) is 4.79 Å². The van der Waals surface area contributed by atoms with Crippen LogP contribution in [-0.4, -0.2) is 10.5 Å². The summed E-state index contributed by atoms with van der Waals surface area (Å²) in [5, 5.41) is 4.16. The molecule has 0 fully saturated rings. The maximum atomic E-state index is 12.2. The highest BCUT2D eigenvalue weighted by molar-refractivity contribution is 5.84. The van der Waals surface area contributed by atoms with Crippen molar-refractivity contribution in [1.82, 2.24) is 9.88 Å². The van der Waals surface area contributed by atoms with E-state index in [9.17, 15) is 4.79 Å². The van der Waals surface area contributed by atoms with Gasteiger partial charge in [0.05, 0.1) is 0 Å². The van der Waals surface area contributed by atoms with E-state index in [0.29, 0.717) is 19.0 Å². The third-order valence-electron chi connectivity index (χ3n) is 4.11. The zero-order valence-electron chi connectivity index (χ0n) is 13.6. The molecule has 0 saturated carbocycles. The zero-order valence-corrected chi connectivity index (χ0v) is 13.6. The van der Waals surface area contributed by atoms with E-state index in [0.717, 1.165) is 11.1 Å². The molecule has 3 rings (SSSR count). The summed E-state index contributed by atoms with van der Waals surface area (Å²) in [4.78, 5) is 12.2. The highest BCUT2D eigenvalue weighted by Crippen LogP contribution is 2.22. The first-order chi connectivity index (χ1) is 11.1. The lowest BCUT2D eigenvalue weighted by molar-refractivity contribution is -0.121. The van der Waals surface area contributed by atoms with E-state index < -0.39 is 0 Å². The van der Waals surface area contributed by atoms with Gasteiger partial charge >= 0.3 is 0 Å². The zero-order chi connectivity index (χ0) is 16.2. The van der Waals surface area contributed by atoms with Crippen LogP contribution in [-0.2, 0) is 17.9 Å². The molecule has 2 aromatic carbocycles. The normalized spacial score (nSPS) is 11.1. The van der Waals surface area contributed by atoms with Crippen molar-refractivity contribution in [1.29, 1.82) is 0 Å². The molecule has 3 heteroatoms. The summed E-state index contributed by atoms with van der Waals surface area (Å²) < 4.78 is 2.00. The van der Waals surface area contributed by atoms with Gasteiger partial charge in [0, 0.05) is 18.3 Å². The average molecular weight is 306 g/mol. The Morgan fingerprint density at radius 1 is 1.09 bits per heavy atom. The number of hydrogen-bond donors (Lipinski definition) is 1. The van der Waals surface area contributed by atoms with Crippen LogP contribution in [0.25, 0.3) is 10.9 Å². The van der Waals surface area contributed by atoms with Crippen LogP contribution in [0.2, 0.25) is 0 Å². The van der Waals surface area contributed by atoms with Gasteiger partial charge in [0.25, 0.3) is 0 Å². The molecular formula is C20H22N2O. The summed E-state index contributed by atoms with van der Waals surface area (Å²) in [6.07, 6.45) is 1.98. The summed E-state index contributed by atoms with van der Waals surface area (Å²) >= 11 is 0. The molecule has 0 aliphatic heterocycles. The summed E-state index contributed by atoms with van der Waals surface area (Å²) in [5.74, 6) is 0.538. The number of nitrogens with zero attached hydrogens (tertiary/aromatic N) is 1. The number of carbonyl (C=O) groups is 1. The fourth-order valence-corrected chi connectivity index (χ4v) is 2.72. The molecule has 23 heavy (non-hydrogen) atoms. The molecule has 1 N–H and O–H groups in total. The fraction of sp³-hybridized carbons (Fsp3) is 0.250. The van der Waals surface area contributed by atoms with Gasteiger partial charge < -0.3 is 9.88 Å². The molecule has 3 nitrogen and oxygen atoms in total. The topological polar surface area (TPSA) is 34.0 Å². The van der Waals surface area contributed by atoms with Crippen molar-refractivity contribution in [3.63, 3.8) is 0 Å². The summed E-state index contributed by atoms with van der Waals surface area (Å²) in [6, 6.07) is 18.5. The molecule has 1 aromatic heterocycles. The number of nitrogens with one attached hydrogen (secondary N) is 1.